The molecule has 0 saturated heterocycles. The molecule has 0 bridgehead atoms. The van der Waals surface area contributed by atoms with E-state index in [1.165, 1.54) is 7.05 Å². The van der Waals surface area contributed by atoms with Gasteiger partial charge in [0.15, 0.2) is 0 Å². The minimum Gasteiger partial charge on any atom is -0.354 e. The van der Waals surface area contributed by atoms with E-state index < -0.39 is 16.1 Å². The average Bonchev–Trinajstić information content (AvgIpc) is 2.60. The van der Waals surface area contributed by atoms with Crippen LogP contribution in [0.5, 0.6) is 0 Å². The molecule has 2 rings (SSSR count). The lowest BCUT2D eigenvalue weighted by molar-refractivity contribution is -0.124. The van der Waals surface area contributed by atoms with E-state index in [1.807, 2.05) is 30.3 Å². The molecule has 2 aromatic rings. The Morgan fingerprint density at radius 2 is 1.73 bits per heavy atom. The Hall–Kier alpha value is -1.89. The maximum atomic E-state index is 12.7. The van der Waals surface area contributed by atoms with E-state index in [9.17, 15) is 13.2 Å². The molecule has 1 N–H and O–H groups in total. The lowest BCUT2D eigenvalue weighted by atomic mass is 10.1. The first-order chi connectivity index (χ1) is 12.3. The topological polar surface area (TPSA) is 66.5 Å². The van der Waals surface area contributed by atoms with Gasteiger partial charge in [0.2, 0.25) is 15.9 Å². The van der Waals surface area contributed by atoms with Crippen LogP contribution in [-0.4, -0.2) is 38.5 Å². The van der Waals surface area contributed by atoms with Crippen molar-refractivity contribution in [2.24, 2.45) is 0 Å². The number of rotatable bonds is 8. The third-order valence-electron chi connectivity index (χ3n) is 4.13. The molecule has 0 fully saturated rings. The van der Waals surface area contributed by atoms with Crippen molar-refractivity contribution in [3.63, 3.8) is 0 Å². The molecule has 0 aliphatic heterocycles. The van der Waals surface area contributed by atoms with Gasteiger partial charge in [-0.2, -0.15) is 4.31 Å². The second kappa shape index (κ2) is 9.16. The van der Waals surface area contributed by atoms with Crippen molar-refractivity contribution in [2.75, 3.05) is 19.8 Å². The number of carbonyl (C=O) groups is 1. The molecule has 0 saturated carbocycles. The summed E-state index contributed by atoms with van der Waals surface area (Å²) in [5.74, 6) is -0.344. The average molecular weight is 395 g/mol. The van der Waals surface area contributed by atoms with Gasteiger partial charge in [-0.15, -0.1) is 0 Å². The van der Waals surface area contributed by atoms with Gasteiger partial charge in [-0.05, 0) is 30.0 Å². The predicted octanol–water partition coefficient (Wildman–Crippen LogP) is 3.02. The number of benzene rings is 2. The van der Waals surface area contributed by atoms with Gasteiger partial charge in [-0.25, -0.2) is 8.42 Å². The van der Waals surface area contributed by atoms with E-state index in [-0.39, 0.29) is 5.91 Å². The Bertz CT molecular complexity index is 841. The summed E-state index contributed by atoms with van der Waals surface area (Å²) in [6, 6.07) is 15.6. The summed E-state index contributed by atoms with van der Waals surface area (Å²) >= 11 is 6.13. The summed E-state index contributed by atoms with van der Waals surface area (Å²) in [5.41, 5.74) is 1.65. The summed E-state index contributed by atoms with van der Waals surface area (Å²) in [4.78, 5) is 12.7. The number of nitrogens with zero attached hydrogens (tertiary/aromatic N) is 1. The largest absolute Gasteiger partial charge is 0.354 e. The highest BCUT2D eigenvalue weighted by Gasteiger charge is 2.30. The lowest BCUT2D eigenvalue weighted by Gasteiger charge is -2.25. The first-order valence-electron chi connectivity index (χ1n) is 8.30. The molecule has 0 spiro atoms. The van der Waals surface area contributed by atoms with Crippen molar-refractivity contribution in [2.45, 2.75) is 18.9 Å². The molecule has 1 atom stereocenters. The number of hydrogen-bond acceptors (Lipinski definition) is 3. The molecule has 140 valence electrons. The number of hydrogen-bond donors (Lipinski definition) is 1. The number of carbonyl (C=O) groups excluding carboxylic acids is 1. The fourth-order valence-corrected chi connectivity index (χ4v) is 3.47. The van der Waals surface area contributed by atoms with Crippen LogP contribution in [0.4, 0.5) is 0 Å². The van der Waals surface area contributed by atoms with Gasteiger partial charge in [-0.3, -0.25) is 4.79 Å². The molecule has 1 amide bonds. The smallest absolute Gasteiger partial charge is 0.242 e. The Labute approximate surface area is 160 Å². The number of nitrogens with one attached hydrogen (secondary N) is 1. The van der Waals surface area contributed by atoms with Crippen LogP contribution in [0.2, 0.25) is 5.02 Å². The van der Waals surface area contributed by atoms with E-state index in [0.29, 0.717) is 23.6 Å². The molecule has 2 aromatic carbocycles. The first-order valence-corrected chi connectivity index (χ1v) is 10.5. The Balaban J connectivity index is 2.02. The molecule has 0 unspecified atom stereocenters. The summed E-state index contributed by atoms with van der Waals surface area (Å²) in [5, 5.41) is 3.54. The Morgan fingerprint density at radius 3 is 2.35 bits per heavy atom. The normalized spacial score (nSPS) is 12.8. The van der Waals surface area contributed by atoms with Gasteiger partial charge in [0.25, 0.3) is 0 Å². The van der Waals surface area contributed by atoms with Crippen molar-refractivity contribution in [1.29, 1.82) is 0 Å². The van der Waals surface area contributed by atoms with Gasteiger partial charge >= 0.3 is 0 Å². The van der Waals surface area contributed by atoms with E-state index >= 15 is 0 Å². The minimum atomic E-state index is -3.52. The maximum absolute atomic E-state index is 12.7. The molecular weight excluding hydrogens is 372 g/mol. The first kappa shape index (κ1) is 20.4. The number of halogens is 1. The van der Waals surface area contributed by atoms with E-state index in [0.717, 1.165) is 22.5 Å². The van der Waals surface area contributed by atoms with E-state index in [1.54, 1.807) is 24.3 Å². The zero-order valence-electron chi connectivity index (χ0n) is 14.9. The SMILES string of the molecule is CN([C@@H](C(=O)NCCCc1ccccc1Cl)c1ccccc1)S(C)(=O)=O. The Kier molecular flexibility index (Phi) is 7.20. The van der Waals surface area contributed by atoms with Crippen LogP contribution >= 0.6 is 11.6 Å². The van der Waals surface area contributed by atoms with Gasteiger partial charge < -0.3 is 5.32 Å². The number of amides is 1. The van der Waals surface area contributed by atoms with Crippen LogP contribution in [0.1, 0.15) is 23.6 Å². The monoisotopic (exact) mass is 394 g/mol. The molecular formula is C19H23ClN2O3S. The van der Waals surface area contributed by atoms with Crippen LogP contribution in [0.15, 0.2) is 54.6 Å². The summed E-state index contributed by atoms with van der Waals surface area (Å²) in [6.07, 6.45) is 2.53. The van der Waals surface area contributed by atoms with E-state index in [4.69, 9.17) is 11.6 Å². The summed E-state index contributed by atoms with van der Waals surface area (Å²) < 4.78 is 25.0. The molecule has 0 aromatic heterocycles. The number of aryl methyl sites for hydroxylation is 1. The van der Waals surface area contributed by atoms with Gasteiger partial charge in [-0.1, -0.05) is 60.1 Å². The molecule has 7 heteroatoms. The van der Waals surface area contributed by atoms with Crippen molar-refractivity contribution in [3.8, 4) is 0 Å². The van der Waals surface area contributed by atoms with Crippen LogP contribution < -0.4 is 5.32 Å². The van der Waals surface area contributed by atoms with Gasteiger partial charge in [0.05, 0.1) is 6.26 Å². The molecule has 0 radical (unpaired) electrons. The third kappa shape index (κ3) is 5.56. The quantitative estimate of drug-likeness (QED) is 0.700. The molecule has 26 heavy (non-hydrogen) atoms. The van der Waals surface area contributed by atoms with E-state index in [2.05, 4.69) is 5.32 Å². The minimum absolute atomic E-state index is 0.344. The van der Waals surface area contributed by atoms with Crippen molar-refractivity contribution < 1.29 is 13.2 Å². The van der Waals surface area contributed by atoms with Crippen LogP contribution in [0.3, 0.4) is 0 Å². The van der Waals surface area contributed by atoms with Crippen molar-refractivity contribution in [3.05, 3.63) is 70.7 Å². The zero-order valence-corrected chi connectivity index (χ0v) is 16.4. The van der Waals surface area contributed by atoms with Crippen molar-refractivity contribution >= 4 is 27.5 Å². The predicted molar refractivity (Wildman–Crippen MR) is 105 cm³/mol. The van der Waals surface area contributed by atoms with Gasteiger partial charge in [0.1, 0.15) is 6.04 Å². The zero-order chi connectivity index (χ0) is 19.2. The second-order valence-electron chi connectivity index (χ2n) is 6.08. The fourth-order valence-electron chi connectivity index (χ4n) is 2.64. The number of sulfonamides is 1. The highest BCUT2D eigenvalue weighted by Crippen LogP contribution is 2.22. The molecule has 5 nitrogen and oxygen atoms in total. The highest BCUT2D eigenvalue weighted by molar-refractivity contribution is 7.88. The molecule has 0 aliphatic carbocycles. The third-order valence-corrected chi connectivity index (χ3v) is 5.76. The summed E-state index contributed by atoms with van der Waals surface area (Å²) in [7, 11) is -2.11. The summed E-state index contributed by atoms with van der Waals surface area (Å²) in [6.45, 7) is 0.436. The molecule has 0 aliphatic rings. The van der Waals surface area contributed by atoms with Crippen LogP contribution in [-0.2, 0) is 21.2 Å². The maximum Gasteiger partial charge on any atom is 0.242 e. The van der Waals surface area contributed by atoms with Crippen molar-refractivity contribution in [1.82, 2.24) is 9.62 Å². The van der Waals surface area contributed by atoms with Crippen LogP contribution in [0.25, 0.3) is 0 Å². The number of likely N-dealkylation sites (N-methyl/N-ethyl adjacent to an activating group) is 1. The molecule has 0 heterocycles. The standard InChI is InChI=1S/C19H23ClN2O3S/c1-22(26(2,24)25)18(16-10-4-3-5-11-16)19(23)21-14-8-12-15-9-6-7-13-17(15)20/h3-7,9-11,13,18H,8,12,14H2,1-2H3,(H,21,23)/t18-/m1/s1. The van der Waals surface area contributed by atoms with Crippen LogP contribution in [0, 0.1) is 0 Å². The van der Waals surface area contributed by atoms with Gasteiger partial charge in [0, 0.05) is 18.6 Å². The second-order valence-corrected chi connectivity index (χ2v) is 8.53. The fraction of sp³-hybridized carbons (Fsp3) is 0.316. The highest BCUT2D eigenvalue weighted by atomic mass is 35.5. The lowest BCUT2D eigenvalue weighted by Crippen LogP contribution is -2.41. The Morgan fingerprint density at radius 1 is 1.12 bits per heavy atom.